The van der Waals surface area contributed by atoms with Crippen molar-refractivity contribution < 1.29 is 19.0 Å². The molecule has 0 bridgehead atoms. The van der Waals surface area contributed by atoms with E-state index in [0.717, 1.165) is 5.56 Å². The summed E-state index contributed by atoms with van der Waals surface area (Å²) in [6.07, 6.45) is 0.579. The van der Waals surface area contributed by atoms with Gasteiger partial charge < -0.3 is 19.5 Å². The van der Waals surface area contributed by atoms with Gasteiger partial charge in [-0.2, -0.15) is 0 Å². The van der Waals surface area contributed by atoms with E-state index in [1.165, 1.54) is 0 Å². The molecule has 0 aliphatic carbocycles. The van der Waals surface area contributed by atoms with Crippen LogP contribution >= 0.6 is 11.6 Å². The Kier molecular flexibility index (Phi) is 6.53. The first kappa shape index (κ1) is 18.9. The Morgan fingerprint density at radius 2 is 1.64 bits per heavy atom. The van der Waals surface area contributed by atoms with Crippen molar-refractivity contribution in [3.63, 3.8) is 0 Å². The van der Waals surface area contributed by atoms with Crippen LogP contribution in [0.2, 0.25) is 5.02 Å². The van der Waals surface area contributed by atoms with E-state index < -0.39 is 0 Å². The molecular weight excluding hydrogens is 342 g/mol. The van der Waals surface area contributed by atoms with Gasteiger partial charge in [0, 0.05) is 11.6 Å². The van der Waals surface area contributed by atoms with Crippen molar-refractivity contribution in [1.82, 2.24) is 0 Å². The lowest BCUT2D eigenvalue weighted by Crippen LogP contribution is -2.22. The van der Waals surface area contributed by atoms with Gasteiger partial charge >= 0.3 is 0 Å². The number of nitrogens with one attached hydrogen (secondary N) is 1. The Hall–Kier alpha value is -2.40. The van der Waals surface area contributed by atoms with E-state index in [1.807, 2.05) is 25.1 Å². The van der Waals surface area contributed by atoms with Crippen LogP contribution in [0, 0.1) is 5.92 Å². The fourth-order valence-corrected chi connectivity index (χ4v) is 2.72. The maximum Gasteiger partial charge on any atom is 0.227 e. The van der Waals surface area contributed by atoms with Crippen LogP contribution in [0.4, 0.5) is 5.69 Å². The van der Waals surface area contributed by atoms with E-state index in [4.69, 9.17) is 25.8 Å². The molecule has 0 heterocycles. The molecule has 1 unspecified atom stereocenters. The lowest BCUT2D eigenvalue weighted by atomic mass is 10.00. The number of rotatable bonds is 7. The van der Waals surface area contributed by atoms with Crippen molar-refractivity contribution in [3.8, 4) is 17.2 Å². The van der Waals surface area contributed by atoms with Crippen molar-refractivity contribution in [2.75, 3.05) is 26.6 Å². The molecule has 134 valence electrons. The number of carbonyl (C=O) groups is 1. The predicted molar refractivity (Wildman–Crippen MR) is 99.0 cm³/mol. The van der Waals surface area contributed by atoms with Gasteiger partial charge in [0.25, 0.3) is 0 Å². The number of hydrogen-bond acceptors (Lipinski definition) is 4. The van der Waals surface area contributed by atoms with Crippen molar-refractivity contribution >= 4 is 23.2 Å². The van der Waals surface area contributed by atoms with E-state index in [1.54, 1.807) is 39.5 Å². The maximum atomic E-state index is 12.4. The number of ether oxygens (including phenoxy) is 3. The van der Waals surface area contributed by atoms with Crippen LogP contribution in [0.1, 0.15) is 12.5 Å². The first-order valence-electron chi connectivity index (χ1n) is 7.83. The molecule has 25 heavy (non-hydrogen) atoms. The van der Waals surface area contributed by atoms with Crippen molar-refractivity contribution in [3.05, 3.63) is 47.0 Å². The summed E-state index contributed by atoms with van der Waals surface area (Å²) >= 11 is 6.08. The number of amides is 1. The average molecular weight is 364 g/mol. The first-order valence-corrected chi connectivity index (χ1v) is 8.21. The topological polar surface area (TPSA) is 56.8 Å². The third-order valence-corrected chi connectivity index (χ3v) is 4.15. The average Bonchev–Trinajstić information content (AvgIpc) is 2.61. The van der Waals surface area contributed by atoms with Gasteiger partial charge in [-0.15, -0.1) is 0 Å². The van der Waals surface area contributed by atoms with Gasteiger partial charge in [-0.1, -0.05) is 24.6 Å². The highest BCUT2D eigenvalue weighted by Crippen LogP contribution is 2.29. The summed E-state index contributed by atoms with van der Waals surface area (Å²) in [5, 5.41) is 3.32. The summed E-state index contributed by atoms with van der Waals surface area (Å²) in [5.74, 6) is 1.57. The van der Waals surface area contributed by atoms with Gasteiger partial charge in [-0.25, -0.2) is 0 Å². The van der Waals surface area contributed by atoms with Crippen molar-refractivity contribution in [1.29, 1.82) is 0 Å². The smallest absolute Gasteiger partial charge is 0.227 e. The van der Waals surface area contributed by atoms with Crippen LogP contribution in [-0.2, 0) is 11.2 Å². The molecule has 1 N–H and O–H groups in total. The van der Waals surface area contributed by atoms with Gasteiger partial charge in [0.2, 0.25) is 5.91 Å². The molecule has 0 fully saturated rings. The minimum atomic E-state index is -0.223. The summed E-state index contributed by atoms with van der Waals surface area (Å²) in [4.78, 5) is 12.4. The molecule has 0 spiro atoms. The lowest BCUT2D eigenvalue weighted by Gasteiger charge is -2.14. The molecule has 0 radical (unpaired) electrons. The Balaban J connectivity index is 2.04. The van der Waals surface area contributed by atoms with Crippen LogP contribution in [0.5, 0.6) is 17.2 Å². The highest BCUT2D eigenvalue weighted by molar-refractivity contribution is 6.32. The third-order valence-electron chi connectivity index (χ3n) is 3.86. The zero-order valence-corrected chi connectivity index (χ0v) is 15.5. The first-order chi connectivity index (χ1) is 12.0. The van der Waals surface area contributed by atoms with Gasteiger partial charge in [0.05, 0.1) is 26.4 Å². The molecule has 0 aromatic heterocycles. The number of anilines is 1. The molecule has 0 saturated carbocycles. The highest BCUT2D eigenvalue weighted by atomic mass is 35.5. The summed E-state index contributed by atoms with van der Waals surface area (Å²) in [6, 6.07) is 10.8. The summed E-state index contributed by atoms with van der Waals surface area (Å²) in [7, 11) is 4.73. The Labute approximate surface area is 152 Å². The van der Waals surface area contributed by atoms with Gasteiger partial charge in [-0.05, 0) is 42.3 Å². The van der Waals surface area contributed by atoms with Gasteiger partial charge in [0.15, 0.2) is 11.5 Å². The minimum Gasteiger partial charge on any atom is -0.495 e. The third kappa shape index (κ3) is 4.79. The summed E-state index contributed by atoms with van der Waals surface area (Å²) in [6.45, 7) is 1.87. The van der Waals surface area contributed by atoms with Crippen LogP contribution in [0.3, 0.4) is 0 Å². The van der Waals surface area contributed by atoms with Crippen LogP contribution in [-0.4, -0.2) is 27.2 Å². The molecule has 5 nitrogen and oxygen atoms in total. The molecule has 1 atom stereocenters. The minimum absolute atomic E-state index is 0.0870. The predicted octanol–water partition coefficient (Wildman–Crippen LogP) is 4.18. The highest BCUT2D eigenvalue weighted by Gasteiger charge is 2.16. The SMILES string of the molecule is COc1ccc(NC(=O)C(C)Cc2ccc(OC)c(OC)c2)cc1Cl. The van der Waals surface area contributed by atoms with E-state index in [2.05, 4.69) is 5.32 Å². The zero-order chi connectivity index (χ0) is 18.4. The largest absolute Gasteiger partial charge is 0.495 e. The molecule has 1 amide bonds. The molecule has 2 rings (SSSR count). The standard InChI is InChI=1S/C19H22ClNO4/c1-12(9-13-5-7-17(24-3)18(10-13)25-4)19(22)21-14-6-8-16(23-2)15(20)11-14/h5-8,10-12H,9H2,1-4H3,(H,21,22). The second kappa shape index (κ2) is 8.62. The van der Waals surface area contributed by atoms with Gasteiger partial charge in [0.1, 0.15) is 5.75 Å². The molecule has 6 heteroatoms. The summed E-state index contributed by atoms with van der Waals surface area (Å²) < 4.78 is 15.6. The number of benzene rings is 2. The van der Waals surface area contributed by atoms with Crippen LogP contribution < -0.4 is 19.5 Å². The van der Waals surface area contributed by atoms with Crippen molar-refractivity contribution in [2.45, 2.75) is 13.3 Å². The monoisotopic (exact) mass is 363 g/mol. The molecular formula is C19H22ClNO4. The lowest BCUT2D eigenvalue weighted by molar-refractivity contribution is -0.119. The molecule has 2 aromatic carbocycles. The second-order valence-corrected chi connectivity index (χ2v) is 6.04. The van der Waals surface area contributed by atoms with Crippen molar-refractivity contribution in [2.24, 2.45) is 5.92 Å². The van der Waals surface area contributed by atoms with Gasteiger partial charge in [-0.3, -0.25) is 4.79 Å². The quantitative estimate of drug-likeness (QED) is 0.801. The maximum absolute atomic E-state index is 12.4. The zero-order valence-electron chi connectivity index (χ0n) is 14.8. The Morgan fingerprint density at radius 3 is 2.24 bits per heavy atom. The van der Waals surface area contributed by atoms with E-state index >= 15 is 0 Å². The number of halogens is 1. The molecule has 0 saturated heterocycles. The molecule has 0 aliphatic heterocycles. The number of carbonyl (C=O) groups excluding carboxylic acids is 1. The van der Waals surface area contributed by atoms with E-state index in [-0.39, 0.29) is 11.8 Å². The van der Waals surface area contributed by atoms with E-state index in [9.17, 15) is 4.79 Å². The number of methoxy groups -OCH3 is 3. The Morgan fingerprint density at radius 1 is 1.00 bits per heavy atom. The van der Waals surface area contributed by atoms with E-state index in [0.29, 0.717) is 34.4 Å². The normalized spacial score (nSPS) is 11.6. The fraction of sp³-hybridized carbons (Fsp3) is 0.316. The second-order valence-electron chi connectivity index (χ2n) is 5.63. The van der Waals surface area contributed by atoms with Crippen LogP contribution in [0.15, 0.2) is 36.4 Å². The van der Waals surface area contributed by atoms with Crippen LogP contribution in [0.25, 0.3) is 0 Å². The molecule has 2 aromatic rings. The fourth-order valence-electron chi connectivity index (χ4n) is 2.46. The summed E-state index contributed by atoms with van der Waals surface area (Å²) in [5.41, 5.74) is 1.63. The molecule has 0 aliphatic rings. The Bertz CT molecular complexity index is 748. The number of hydrogen-bond donors (Lipinski definition) is 1.